The first-order valence-electron chi connectivity index (χ1n) is 10.4. The molecule has 1 aliphatic rings. The lowest BCUT2D eigenvalue weighted by atomic mass is 9.92. The minimum atomic E-state index is 0.436. The second kappa shape index (κ2) is 6.48. The third-order valence-electron chi connectivity index (χ3n) is 6.07. The molecule has 4 aromatic rings. The SMILES string of the molecule is CC(C)c1cccc(C(C)C)c1-n1[c-][n+]2c3c(cccc31)N(C)c1ccccc1-2. The Labute approximate surface area is 172 Å². The first-order chi connectivity index (χ1) is 14.0. The Morgan fingerprint density at radius 1 is 0.759 bits per heavy atom. The van der Waals surface area contributed by atoms with Gasteiger partial charge in [-0.3, -0.25) is 9.13 Å². The summed E-state index contributed by atoms with van der Waals surface area (Å²) < 4.78 is 4.53. The highest BCUT2D eigenvalue weighted by Gasteiger charge is 2.26. The fourth-order valence-corrected chi connectivity index (χ4v) is 4.58. The van der Waals surface area contributed by atoms with Crippen LogP contribution in [0.5, 0.6) is 0 Å². The second-order valence-corrected chi connectivity index (χ2v) is 8.56. The van der Waals surface area contributed by atoms with E-state index in [1.165, 1.54) is 44.9 Å². The van der Waals surface area contributed by atoms with Crippen LogP contribution in [0.3, 0.4) is 0 Å². The molecule has 0 fully saturated rings. The molecular weight excluding hydrogens is 354 g/mol. The van der Waals surface area contributed by atoms with Crippen LogP contribution in [-0.2, 0) is 0 Å². The number of para-hydroxylation sites is 4. The Hall–Kier alpha value is -3.07. The van der Waals surface area contributed by atoms with Crippen molar-refractivity contribution >= 4 is 22.4 Å². The monoisotopic (exact) mass is 381 g/mol. The van der Waals surface area contributed by atoms with Gasteiger partial charge in [0, 0.05) is 12.7 Å². The van der Waals surface area contributed by atoms with Crippen LogP contribution in [0, 0.1) is 6.33 Å². The van der Waals surface area contributed by atoms with E-state index in [0.717, 1.165) is 0 Å². The van der Waals surface area contributed by atoms with Gasteiger partial charge in [-0.1, -0.05) is 70.2 Å². The normalized spacial score (nSPS) is 12.9. The molecular formula is C26H27N3. The number of fused-ring (bicyclic) bond motifs is 2. The van der Waals surface area contributed by atoms with E-state index >= 15 is 0 Å². The van der Waals surface area contributed by atoms with Crippen LogP contribution >= 0.6 is 0 Å². The molecule has 29 heavy (non-hydrogen) atoms. The summed E-state index contributed by atoms with van der Waals surface area (Å²) in [4.78, 5) is 2.29. The first kappa shape index (κ1) is 18.0. The van der Waals surface area contributed by atoms with Crippen LogP contribution in [0.25, 0.3) is 22.4 Å². The number of imidazole rings is 1. The van der Waals surface area contributed by atoms with Crippen molar-refractivity contribution in [2.75, 3.05) is 11.9 Å². The van der Waals surface area contributed by atoms with Gasteiger partial charge in [-0.15, -0.1) is 0 Å². The number of hydrogen-bond donors (Lipinski definition) is 0. The summed E-state index contributed by atoms with van der Waals surface area (Å²) >= 11 is 0. The standard InChI is InChI=1S/C26H27N3/c1-17(2)19-10-8-11-20(18(3)4)25(19)29-16-28-22-13-7-6-12-21(22)27(5)23-14-9-15-24(29)26(23)28/h6-15,17-18H,1-5H3. The molecule has 0 atom stereocenters. The smallest absolute Gasteiger partial charge is 0.269 e. The molecule has 0 saturated heterocycles. The van der Waals surface area contributed by atoms with E-state index in [9.17, 15) is 0 Å². The Kier molecular flexibility index (Phi) is 4.02. The van der Waals surface area contributed by atoms with E-state index in [4.69, 9.17) is 0 Å². The molecule has 2 heterocycles. The molecule has 3 aromatic carbocycles. The minimum Gasteiger partial charge on any atom is -0.351 e. The highest BCUT2D eigenvalue weighted by molar-refractivity contribution is 5.93. The van der Waals surface area contributed by atoms with E-state index in [1.807, 2.05) is 0 Å². The van der Waals surface area contributed by atoms with Crippen LogP contribution in [0.2, 0.25) is 0 Å². The van der Waals surface area contributed by atoms with Gasteiger partial charge >= 0.3 is 0 Å². The number of rotatable bonds is 3. The Bertz CT molecular complexity index is 1200. The number of hydrogen-bond acceptors (Lipinski definition) is 1. The Balaban J connectivity index is 1.91. The van der Waals surface area contributed by atoms with Crippen LogP contribution in [-0.4, -0.2) is 11.6 Å². The topological polar surface area (TPSA) is 12.0 Å². The predicted molar refractivity (Wildman–Crippen MR) is 120 cm³/mol. The summed E-state index contributed by atoms with van der Waals surface area (Å²) in [5.74, 6) is 0.873. The number of anilines is 2. The minimum absolute atomic E-state index is 0.436. The van der Waals surface area contributed by atoms with Crippen molar-refractivity contribution in [2.24, 2.45) is 0 Å². The highest BCUT2D eigenvalue weighted by Crippen LogP contribution is 2.39. The molecule has 0 spiro atoms. The van der Waals surface area contributed by atoms with Gasteiger partial charge in [0.1, 0.15) is 5.52 Å². The van der Waals surface area contributed by atoms with Crippen LogP contribution in [0.4, 0.5) is 11.4 Å². The van der Waals surface area contributed by atoms with E-state index < -0.39 is 0 Å². The van der Waals surface area contributed by atoms with Crippen molar-refractivity contribution in [2.45, 2.75) is 39.5 Å². The van der Waals surface area contributed by atoms with E-state index in [2.05, 4.69) is 116 Å². The maximum atomic E-state index is 3.72. The van der Waals surface area contributed by atoms with Gasteiger partial charge in [0.25, 0.3) is 6.33 Å². The third-order valence-corrected chi connectivity index (χ3v) is 6.07. The largest absolute Gasteiger partial charge is 0.351 e. The van der Waals surface area contributed by atoms with Crippen molar-refractivity contribution in [3.63, 3.8) is 0 Å². The zero-order valence-corrected chi connectivity index (χ0v) is 17.8. The molecule has 0 saturated carbocycles. The van der Waals surface area contributed by atoms with Crippen molar-refractivity contribution in [3.8, 4) is 11.4 Å². The Morgan fingerprint density at radius 2 is 1.38 bits per heavy atom. The van der Waals surface area contributed by atoms with Gasteiger partial charge in [-0.2, -0.15) is 0 Å². The summed E-state index contributed by atoms with van der Waals surface area (Å²) in [6.45, 7) is 9.09. The maximum Gasteiger partial charge on any atom is 0.269 e. The van der Waals surface area contributed by atoms with Crippen molar-refractivity contribution in [1.82, 2.24) is 4.57 Å². The molecule has 5 rings (SSSR count). The fraction of sp³-hybridized carbons (Fsp3) is 0.269. The molecule has 0 unspecified atom stereocenters. The zero-order valence-electron chi connectivity index (χ0n) is 17.8. The van der Waals surface area contributed by atoms with E-state index in [-0.39, 0.29) is 0 Å². The van der Waals surface area contributed by atoms with Crippen molar-refractivity contribution in [3.05, 3.63) is 78.1 Å². The zero-order chi connectivity index (χ0) is 20.3. The number of benzene rings is 3. The molecule has 0 N–H and O–H groups in total. The van der Waals surface area contributed by atoms with Gasteiger partial charge in [-0.05, 0) is 41.2 Å². The van der Waals surface area contributed by atoms with Crippen LogP contribution in [0.15, 0.2) is 60.7 Å². The summed E-state index contributed by atoms with van der Waals surface area (Å²) in [5, 5.41) is 0. The van der Waals surface area contributed by atoms with Crippen molar-refractivity contribution < 1.29 is 4.57 Å². The second-order valence-electron chi connectivity index (χ2n) is 8.56. The lowest BCUT2D eigenvalue weighted by molar-refractivity contribution is -0.572. The van der Waals surface area contributed by atoms with Crippen molar-refractivity contribution in [1.29, 1.82) is 0 Å². The molecule has 1 aliphatic heterocycles. The average Bonchev–Trinajstić information content (AvgIpc) is 3.11. The molecule has 146 valence electrons. The molecule has 3 nitrogen and oxygen atoms in total. The highest BCUT2D eigenvalue weighted by atomic mass is 15.2. The number of nitrogens with zero attached hydrogens (tertiary/aromatic N) is 3. The molecule has 1 aromatic heterocycles. The predicted octanol–water partition coefficient (Wildman–Crippen LogP) is 6.04. The quantitative estimate of drug-likeness (QED) is 0.311. The average molecular weight is 382 g/mol. The van der Waals surface area contributed by atoms with Gasteiger partial charge in [0.05, 0.1) is 22.6 Å². The molecule has 0 aliphatic carbocycles. The van der Waals surface area contributed by atoms with Gasteiger partial charge in [-0.25, -0.2) is 0 Å². The summed E-state index contributed by atoms with van der Waals surface area (Å²) in [6, 6.07) is 21.9. The van der Waals surface area contributed by atoms with E-state index in [0.29, 0.717) is 11.8 Å². The van der Waals surface area contributed by atoms with Gasteiger partial charge in [0.2, 0.25) is 0 Å². The third kappa shape index (κ3) is 2.53. The number of aromatic nitrogens is 2. The molecule has 0 radical (unpaired) electrons. The van der Waals surface area contributed by atoms with E-state index in [1.54, 1.807) is 0 Å². The van der Waals surface area contributed by atoms with Crippen LogP contribution in [0.1, 0.15) is 50.7 Å². The lowest BCUT2D eigenvalue weighted by Crippen LogP contribution is -2.36. The van der Waals surface area contributed by atoms with Crippen LogP contribution < -0.4 is 9.47 Å². The lowest BCUT2D eigenvalue weighted by Gasteiger charge is -2.28. The molecule has 3 heteroatoms. The molecule has 0 amide bonds. The molecule has 0 bridgehead atoms. The maximum absolute atomic E-state index is 3.72. The first-order valence-corrected chi connectivity index (χ1v) is 10.4. The summed E-state index contributed by atoms with van der Waals surface area (Å²) in [7, 11) is 2.15. The summed E-state index contributed by atoms with van der Waals surface area (Å²) in [5.41, 5.74) is 9.99. The van der Waals surface area contributed by atoms with Gasteiger partial charge in [0.15, 0.2) is 0 Å². The van der Waals surface area contributed by atoms with Gasteiger partial charge < -0.3 is 4.90 Å². The summed E-state index contributed by atoms with van der Waals surface area (Å²) in [6.07, 6.45) is 3.72. The fourth-order valence-electron chi connectivity index (χ4n) is 4.58. The Morgan fingerprint density at radius 3 is 2.07 bits per heavy atom.